The lowest BCUT2D eigenvalue weighted by molar-refractivity contribution is 0.0882. The molecule has 2 aromatic rings. The first-order valence-electron chi connectivity index (χ1n) is 7.97. The van der Waals surface area contributed by atoms with E-state index < -0.39 is 0 Å². The van der Waals surface area contributed by atoms with E-state index in [4.69, 9.17) is 4.74 Å². The maximum atomic E-state index is 5.93. The molecular weight excluding hydrogens is 278 g/mol. The maximum absolute atomic E-state index is 5.93. The molecule has 4 rings (SSSR count). The molecule has 0 N–H and O–H groups in total. The number of hydrogen-bond donors (Lipinski definition) is 0. The van der Waals surface area contributed by atoms with E-state index in [2.05, 4.69) is 24.4 Å². The summed E-state index contributed by atoms with van der Waals surface area (Å²) in [6.45, 7) is 4.36. The third kappa shape index (κ3) is 3.11. The monoisotopic (exact) mass is 299 g/mol. The molecule has 6 heteroatoms. The van der Waals surface area contributed by atoms with Crippen LogP contribution < -0.4 is 4.90 Å². The molecule has 0 unspecified atom stereocenters. The lowest BCUT2D eigenvalue weighted by atomic mass is 10.1. The van der Waals surface area contributed by atoms with Gasteiger partial charge in [0, 0.05) is 44.2 Å². The molecule has 0 aromatic carbocycles. The third-order valence-electron chi connectivity index (χ3n) is 4.32. The van der Waals surface area contributed by atoms with Gasteiger partial charge in [-0.15, -0.1) is 0 Å². The van der Waals surface area contributed by atoms with Gasteiger partial charge in [0.15, 0.2) is 0 Å². The molecule has 6 nitrogen and oxygen atoms in total. The van der Waals surface area contributed by atoms with Crippen molar-refractivity contribution in [3.63, 3.8) is 0 Å². The van der Waals surface area contributed by atoms with Gasteiger partial charge >= 0.3 is 0 Å². The van der Waals surface area contributed by atoms with Crippen molar-refractivity contribution in [1.82, 2.24) is 19.5 Å². The number of hydrogen-bond acceptors (Lipinski definition) is 5. The molecule has 2 aromatic heterocycles. The second-order valence-corrected chi connectivity index (χ2v) is 6.31. The zero-order chi connectivity index (χ0) is 14.8. The Balaban J connectivity index is 1.49. The van der Waals surface area contributed by atoms with Crippen molar-refractivity contribution < 1.29 is 4.74 Å². The summed E-state index contributed by atoms with van der Waals surface area (Å²) in [5.74, 6) is 2.02. The average molecular weight is 299 g/mol. The van der Waals surface area contributed by atoms with Crippen molar-refractivity contribution >= 4 is 5.95 Å². The van der Waals surface area contributed by atoms with Crippen LogP contribution in [-0.2, 0) is 17.8 Å². The van der Waals surface area contributed by atoms with E-state index in [-0.39, 0.29) is 0 Å². The molecular formula is C16H21N5O. The van der Waals surface area contributed by atoms with E-state index in [1.807, 2.05) is 18.6 Å². The molecule has 0 spiro atoms. The van der Waals surface area contributed by atoms with Gasteiger partial charge in [0.25, 0.3) is 0 Å². The highest BCUT2D eigenvalue weighted by Crippen LogP contribution is 2.29. The predicted octanol–water partition coefficient (Wildman–Crippen LogP) is 1.74. The van der Waals surface area contributed by atoms with Crippen molar-refractivity contribution in [2.24, 2.45) is 11.8 Å². The Bertz CT molecular complexity index is 610. The maximum Gasteiger partial charge on any atom is 0.225 e. The Morgan fingerprint density at radius 1 is 1.09 bits per heavy atom. The van der Waals surface area contributed by atoms with Crippen molar-refractivity contribution in [3.8, 4) is 0 Å². The van der Waals surface area contributed by atoms with Crippen LogP contribution in [0, 0.1) is 11.8 Å². The molecule has 1 aliphatic carbocycles. The first kappa shape index (κ1) is 13.7. The first-order valence-corrected chi connectivity index (χ1v) is 7.97. The number of fused-ring (bicyclic) bond motifs is 1. The Morgan fingerprint density at radius 3 is 2.73 bits per heavy atom. The molecule has 1 fully saturated rings. The molecule has 3 heterocycles. The summed E-state index contributed by atoms with van der Waals surface area (Å²) in [6, 6.07) is 1.85. The second-order valence-electron chi connectivity index (χ2n) is 6.31. The fraction of sp³-hybridized carbons (Fsp3) is 0.562. The van der Waals surface area contributed by atoms with Gasteiger partial charge in [0.05, 0.1) is 25.2 Å². The van der Waals surface area contributed by atoms with Crippen molar-refractivity contribution in [3.05, 3.63) is 36.7 Å². The van der Waals surface area contributed by atoms with Crippen molar-refractivity contribution in [1.29, 1.82) is 0 Å². The van der Waals surface area contributed by atoms with E-state index in [1.165, 1.54) is 18.5 Å². The highest BCUT2D eigenvalue weighted by Gasteiger charge is 2.25. The van der Waals surface area contributed by atoms with Crippen LogP contribution in [0.25, 0.3) is 0 Å². The summed E-state index contributed by atoms with van der Waals surface area (Å²) < 4.78 is 8.16. The van der Waals surface area contributed by atoms with E-state index in [0.717, 1.165) is 44.7 Å². The summed E-state index contributed by atoms with van der Waals surface area (Å²) in [5, 5.41) is 0. The van der Waals surface area contributed by atoms with Gasteiger partial charge in [-0.3, -0.25) is 0 Å². The Labute approximate surface area is 130 Å². The predicted molar refractivity (Wildman–Crippen MR) is 82.3 cm³/mol. The highest BCUT2D eigenvalue weighted by molar-refractivity contribution is 5.30. The molecule has 0 radical (unpaired) electrons. The van der Waals surface area contributed by atoms with Crippen molar-refractivity contribution in [2.45, 2.75) is 25.9 Å². The third-order valence-corrected chi connectivity index (χ3v) is 4.32. The van der Waals surface area contributed by atoms with Gasteiger partial charge in [-0.25, -0.2) is 15.0 Å². The van der Waals surface area contributed by atoms with Gasteiger partial charge in [0.2, 0.25) is 5.95 Å². The molecule has 1 saturated carbocycles. The smallest absolute Gasteiger partial charge is 0.225 e. The van der Waals surface area contributed by atoms with Crippen LogP contribution in [0.4, 0.5) is 5.95 Å². The number of rotatable bonds is 5. The van der Waals surface area contributed by atoms with Gasteiger partial charge in [-0.2, -0.15) is 0 Å². The van der Waals surface area contributed by atoms with Gasteiger partial charge < -0.3 is 14.2 Å². The Morgan fingerprint density at radius 2 is 1.91 bits per heavy atom. The lowest BCUT2D eigenvalue weighted by Gasteiger charge is -2.23. The summed E-state index contributed by atoms with van der Waals surface area (Å²) in [7, 11) is 0. The van der Waals surface area contributed by atoms with E-state index >= 15 is 0 Å². The topological polar surface area (TPSA) is 56.1 Å². The minimum atomic E-state index is 0.429. The van der Waals surface area contributed by atoms with Crippen LogP contribution in [0.5, 0.6) is 0 Å². The van der Waals surface area contributed by atoms with Gasteiger partial charge in [-0.1, -0.05) is 0 Å². The van der Waals surface area contributed by atoms with E-state index in [1.54, 1.807) is 12.4 Å². The fourth-order valence-corrected chi connectivity index (χ4v) is 2.95. The molecule has 0 bridgehead atoms. The van der Waals surface area contributed by atoms with Crippen LogP contribution >= 0.6 is 0 Å². The van der Waals surface area contributed by atoms with Gasteiger partial charge in [-0.05, 0) is 24.8 Å². The average Bonchev–Trinajstić information content (AvgIpc) is 3.31. The summed E-state index contributed by atoms with van der Waals surface area (Å²) in [4.78, 5) is 15.3. The summed E-state index contributed by atoms with van der Waals surface area (Å²) in [6.07, 6.45) is 10.1. The lowest BCUT2D eigenvalue weighted by Crippen LogP contribution is -2.31. The van der Waals surface area contributed by atoms with Crippen LogP contribution in [0.15, 0.2) is 31.0 Å². The SMILES string of the molecule is c1cnc(N2Cc3cncn3C[C@@H](COCC3CC3)C2)nc1. The standard InChI is InChI=1S/C16H21N5O/c1-4-18-16(19-5-1)20-7-14(11-22-10-13-2-3-13)8-21-12-17-6-15(21)9-20/h1,4-6,12-14H,2-3,7-11H2/t14-/m0/s1. The normalized spacial score (nSPS) is 21.5. The highest BCUT2D eigenvalue weighted by atomic mass is 16.5. The van der Waals surface area contributed by atoms with Crippen LogP contribution in [0.2, 0.25) is 0 Å². The molecule has 116 valence electrons. The minimum Gasteiger partial charge on any atom is -0.381 e. The Hall–Kier alpha value is -1.95. The molecule has 22 heavy (non-hydrogen) atoms. The molecule has 1 aliphatic heterocycles. The van der Waals surface area contributed by atoms with E-state index in [9.17, 15) is 0 Å². The van der Waals surface area contributed by atoms with Crippen LogP contribution in [0.3, 0.4) is 0 Å². The molecule has 0 amide bonds. The molecule has 0 saturated heterocycles. The van der Waals surface area contributed by atoms with Gasteiger partial charge in [0.1, 0.15) is 0 Å². The number of aromatic nitrogens is 4. The zero-order valence-electron chi connectivity index (χ0n) is 12.6. The number of imidazole rings is 1. The largest absolute Gasteiger partial charge is 0.381 e. The fourth-order valence-electron chi connectivity index (χ4n) is 2.95. The summed E-state index contributed by atoms with van der Waals surface area (Å²) >= 11 is 0. The van der Waals surface area contributed by atoms with Crippen LogP contribution in [0.1, 0.15) is 18.5 Å². The Kier molecular flexibility index (Phi) is 3.76. The number of ether oxygens (including phenoxy) is 1. The van der Waals surface area contributed by atoms with E-state index in [0.29, 0.717) is 5.92 Å². The molecule has 2 aliphatic rings. The molecule has 1 atom stereocenters. The first-order chi connectivity index (χ1) is 10.9. The number of anilines is 1. The second kappa shape index (κ2) is 6.04. The van der Waals surface area contributed by atoms with Crippen molar-refractivity contribution in [2.75, 3.05) is 24.7 Å². The van der Waals surface area contributed by atoms with Crippen LogP contribution in [-0.4, -0.2) is 39.3 Å². The number of nitrogens with zero attached hydrogens (tertiary/aromatic N) is 5. The summed E-state index contributed by atoms with van der Waals surface area (Å²) in [5.41, 5.74) is 1.21. The quantitative estimate of drug-likeness (QED) is 0.841. The minimum absolute atomic E-state index is 0.429. The zero-order valence-corrected chi connectivity index (χ0v) is 12.6.